The molecule has 12 heteroatoms. The zero-order chi connectivity index (χ0) is 14.4. The van der Waals surface area contributed by atoms with E-state index in [0.717, 1.165) is 0 Å². The third-order valence-electron chi connectivity index (χ3n) is 2.41. The first-order valence-electron chi connectivity index (χ1n) is 3.96. The lowest BCUT2D eigenvalue weighted by Crippen LogP contribution is -2.59. The molecule has 0 aromatic heterocycles. The highest BCUT2D eigenvalue weighted by Gasteiger charge is 3.02. The van der Waals surface area contributed by atoms with Crippen molar-refractivity contribution in [3.05, 3.63) is 0 Å². The Kier molecular flexibility index (Phi) is 2.06. The molecule has 0 aromatic carbocycles. The van der Waals surface area contributed by atoms with Gasteiger partial charge in [-0.25, -0.2) is 0 Å². The van der Waals surface area contributed by atoms with Gasteiger partial charge in [0.1, 0.15) is 0 Å². The molecule has 0 radical (unpaired) electrons. The van der Waals surface area contributed by atoms with E-state index < -0.39 is 35.8 Å². The highest BCUT2D eigenvalue weighted by molar-refractivity contribution is 5.18. The lowest BCUT2D eigenvalue weighted by Gasteiger charge is -2.27. The first kappa shape index (κ1) is 13.6. The molecule has 0 saturated carbocycles. The minimum Gasteiger partial charge on any atom is -0.265 e. The van der Waals surface area contributed by atoms with E-state index in [9.17, 15) is 43.9 Å². The Morgan fingerprint density at radius 3 is 0.833 bits per heavy atom. The summed E-state index contributed by atoms with van der Waals surface area (Å²) in [5.41, 5.74) is 0. The van der Waals surface area contributed by atoms with Crippen LogP contribution in [0.3, 0.4) is 0 Å². The van der Waals surface area contributed by atoms with Crippen LogP contribution in [0.2, 0.25) is 0 Å². The predicted octanol–water partition coefficient (Wildman–Crippen LogP) is 2.83. The van der Waals surface area contributed by atoms with E-state index in [1.54, 1.807) is 0 Å². The van der Waals surface area contributed by atoms with Crippen molar-refractivity contribution in [2.45, 2.75) is 35.8 Å². The molecule has 2 atom stereocenters. The summed E-state index contributed by atoms with van der Waals surface area (Å²) in [4.78, 5) is 0. The highest BCUT2D eigenvalue weighted by atomic mass is 19.3. The molecule has 0 N–H and O–H groups in total. The molecule has 0 spiro atoms. The Bertz CT molecular complexity index is 369. The molecule has 2 unspecified atom stereocenters. The molecule has 2 rings (SSSR count). The van der Waals surface area contributed by atoms with Gasteiger partial charge in [-0.15, -0.1) is 0 Å². The number of rotatable bonds is 3. The van der Waals surface area contributed by atoms with E-state index in [-0.39, 0.29) is 0 Å². The molecule has 0 amide bonds. The zero-order valence-corrected chi connectivity index (χ0v) is 7.60. The lowest BCUT2D eigenvalue weighted by molar-refractivity contribution is -0.317. The Balaban J connectivity index is 2.37. The van der Waals surface area contributed by atoms with Gasteiger partial charge in [0.25, 0.3) is 0 Å². The van der Waals surface area contributed by atoms with E-state index in [0.29, 0.717) is 0 Å². The van der Waals surface area contributed by atoms with Crippen LogP contribution in [-0.4, -0.2) is 35.8 Å². The SMILES string of the molecule is FC1(F)OC1(F)C(F)(F)C(F)(F)C1(F)OC1(F)F. The second-order valence-corrected chi connectivity index (χ2v) is 3.58. The second kappa shape index (κ2) is 2.71. The van der Waals surface area contributed by atoms with Crippen molar-refractivity contribution in [1.29, 1.82) is 0 Å². The van der Waals surface area contributed by atoms with Crippen molar-refractivity contribution in [3.63, 3.8) is 0 Å². The van der Waals surface area contributed by atoms with E-state index in [1.165, 1.54) is 0 Å². The number of hydrogen-bond donors (Lipinski definition) is 0. The molecule has 0 aliphatic carbocycles. The number of epoxide rings is 2. The summed E-state index contributed by atoms with van der Waals surface area (Å²) < 4.78 is 129. The van der Waals surface area contributed by atoms with Crippen LogP contribution in [0.25, 0.3) is 0 Å². The molecule has 18 heavy (non-hydrogen) atoms. The summed E-state index contributed by atoms with van der Waals surface area (Å²) in [5.74, 6) is -24.3. The largest absolute Gasteiger partial charge is 0.424 e. The van der Waals surface area contributed by atoms with Crippen LogP contribution in [0, 0.1) is 0 Å². The predicted molar refractivity (Wildman–Crippen MR) is 29.6 cm³/mol. The second-order valence-electron chi connectivity index (χ2n) is 3.58. The number of ether oxygens (including phenoxy) is 2. The Morgan fingerprint density at radius 1 is 0.556 bits per heavy atom. The first-order valence-corrected chi connectivity index (χ1v) is 3.96. The Hall–Kier alpha value is -0.780. The van der Waals surface area contributed by atoms with Gasteiger partial charge in [0.05, 0.1) is 0 Å². The lowest BCUT2D eigenvalue weighted by atomic mass is 10.0. The van der Waals surface area contributed by atoms with Crippen LogP contribution in [-0.2, 0) is 9.47 Å². The Morgan fingerprint density at radius 2 is 0.722 bits per heavy atom. The summed E-state index contributed by atoms with van der Waals surface area (Å²) in [7, 11) is 0. The smallest absolute Gasteiger partial charge is 0.265 e. The van der Waals surface area contributed by atoms with Crippen LogP contribution in [0.5, 0.6) is 0 Å². The summed E-state index contributed by atoms with van der Waals surface area (Å²) in [5, 5.41) is 0. The monoisotopic (exact) mass is 294 g/mol. The van der Waals surface area contributed by atoms with Crippen molar-refractivity contribution >= 4 is 0 Å². The normalized spacial score (nSPS) is 41.7. The standard InChI is InChI=1S/C6F10O2/c7-1(8,3(11)5(13,14)17-3)2(9,10)4(12)6(15,16)18-4. The first-order chi connectivity index (χ1) is 7.66. The summed E-state index contributed by atoms with van der Waals surface area (Å²) in [6.45, 7) is 0. The van der Waals surface area contributed by atoms with Gasteiger partial charge in [0.2, 0.25) is 0 Å². The zero-order valence-electron chi connectivity index (χ0n) is 7.60. The van der Waals surface area contributed by atoms with E-state index in [2.05, 4.69) is 9.47 Å². The van der Waals surface area contributed by atoms with Crippen molar-refractivity contribution in [2.24, 2.45) is 0 Å². The molecule has 0 aromatic rings. The average Bonchev–Trinajstić information content (AvgIpc) is 2.85. The topological polar surface area (TPSA) is 25.1 Å². The number of halogens is 10. The minimum atomic E-state index is -6.57. The van der Waals surface area contributed by atoms with Crippen molar-refractivity contribution in [2.75, 3.05) is 0 Å². The summed E-state index contributed by atoms with van der Waals surface area (Å²) in [6, 6.07) is 0. The number of hydrogen-bond acceptors (Lipinski definition) is 2. The molecule has 2 heterocycles. The molecule has 2 saturated heterocycles. The molecule has 2 aliphatic rings. The molecular weight excluding hydrogens is 294 g/mol. The quantitative estimate of drug-likeness (QED) is 0.590. The van der Waals surface area contributed by atoms with Crippen molar-refractivity contribution in [3.8, 4) is 0 Å². The van der Waals surface area contributed by atoms with Crippen LogP contribution in [0.1, 0.15) is 0 Å². The van der Waals surface area contributed by atoms with Crippen LogP contribution < -0.4 is 0 Å². The third-order valence-corrected chi connectivity index (χ3v) is 2.41. The number of alkyl halides is 10. The maximum absolute atomic E-state index is 12.8. The van der Waals surface area contributed by atoms with Gasteiger partial charge in [-0.2, -0.15) is 43.9 Å². The fourth-order valence-corrected chi connectivity index (χ4v) is 1.20. The summed E-state index contributed by atoms with van der Waals surface area (Å²) >= 11 is 0. The highest BCUT2D eigenvalue weighted by Crippen LogP contribution is 2.71. The Labute approximate surface area is 90.4 Å². The van der Waals surface area contributed by atoms with Crippen LogP contribution in [0.4, 0.5) is 43.9 Å². The van der Waals surface area contributed by atoms with Crippen molar-refractivity contribution in [1.82, 2.24) is 0 Å². The van der Waals surface area contributed by atoms with Gasteiger partial charge in [-0.1, -0.05) is 0 Å². The van der Waals surface area contributed by atoms with Crippen LogP contribution in [0.15, 0.2) is 0 Å². The van der Waals surface area contributed by atoms with E-state index >= 15 is 0 Å². The third kappa shape index (κ3) is 1.13. The molecule has 0 bridgehead atoms. The molecule has 2 fully saturated rings. The molecular formula is C6F10O2. The van der Waals surface area contributed by atoms with E-state index in [4.69, 9.17) is 0 Å². The fraction of sp³-hybridized carbons (Fsp3) is 1.00. The molecule has 2 aliphatic heterocycles. The van der Waals surface area contributed by atoms with E-state index in [1.807, 2.05) is 0 Å². The molecule has 2 nitrogen and oxygen atoms in total. The van der Waals surface area contributed by atoms with Gasteiger partial charge < -0.3 is 0 Å². The van der Waals surface area contributed by atoms with Crippen LogP contribution >= 0.6 is 0 Å². The fourth-order valence-electron chi connectivity index (χ4n) is 1.20. The molecule has 106 valence electrons. The van der Waals surface area contributed by atoms with Gasteiger partial charge in [0.15, 0.2) is 0 Å². The van der Waals surface area contributed by atoms with Crippen molar-refractivity contribution < 1.29 is 53.4 Å². The van der Waals surface area contributed by atoms with Gasteiger partial charge in [-0.05, 0) is 0 Å². The van der Waals surface area contributed by atoms with Gasteiger partial charge in [0, 0.05) is 0 Å². The van der Waals surface area contributed by atoms with Gasteiger partial charge >= 0.3 is 35.8 Å². The summed E-state index contributed by atoms with van der Waals surface area (Å²) in [6.07, 6.45) is -10.7. The minimum absolute atomic E-state index is 2.44. The maximum atomic E-state index is 12.8. The van der Waals surface area contributed by atoms with Gasteiger partial charge in [-0.3, -0.25) is 9.47 Å². The maximum Gasteiger partial charge on any atom is 0.424 e. The average molecular weight is 294 g/mol.